The van der Waals surface area contributed by atoms with Crippen molar-refractivity contribution in [2.24, 2.45) is 0 Å². The molecule has 0 aliphatic heterocycles. The number of hydrogen-bond acceptors (Lipinski definition) is 1. The van der Waals surface area contributed by atoms with E-state index in [0.29, 0.717) is 0 Å². The molecule has 1 N–H and O–H groups in total. The first-order valence-corrected chi connectivity index (χ1v) is 7.18. The summed E-state index contributed by atoms with van der Waals surface area (Å²) in [4.78, 5) is 0. The summed E-state index contributed by atoms with van der Waals surface area (Å²) in [6, 6.07) is 21.6. The molecule has 0 aliphatic carbocycles. The maximum atomic E-state index is 3.22. The molecule has 0 unspecified atom stereocenters. The average Bonchev–Trinajstić information content (AvgIpc) is 2.87. The van der Waals surface area contributed by atoms with Crippen molar-refractivity contribution in [3.05, 3.63) is 60.7 Å². The van der Waals surface area contributed by atoms with E-state index in [4.69, 9.17) is 0 Å². The van der Waals surface area contributed by atoms with E-state index < -0.39 is 0 Å². The highest BCUT2D eigenvalue weighted by atomic mass is 35.5. The van der Waals surface area contributed by atoms with Crippen molar-refractivity contribution in [1.82, 2.24) is 9.88 Å². The van der Waals surface area contributed by atoms with Crippen LogP contribution in [0.1, 0.15) is 6.42 Å². The van der Waals surface area contributed by atoms with Crippen LogP contribution in [0.5, 0.6) is 0 Å². The number of halogens is 1. The number of nitrogens with zero attached hydrogens (tertiary/aromatic N) is 1. The molecule has 3 rings (SSSR count). The van der Waals surface area contributed by atoms with Gasteiger partial charge in [0.1, 0.15) is 0 Å². The van der Waals surface area contributed by atoms with Crippen molar-refractivity contribution >= 4 is 23.3 Å². The summed E-state index contributed by atoms with van der Waals surface area (Å²) in [5, 5.41) is 4.54. The minimum absolute atomic E-state index is 0. The predicted octanol–water partition coefficient (Wildman–Crippen LogP) is 4.34. The number of benzene rings is 2. The second-order valence-electron chi connectivity index (χ2n) is 5.06. The molecule has 0 saturated heterocycles. The third-order valence-corrected chi connectivity index (χ3v) is 3.69. The number of nitrogens with one attached hydrogen (secondary N) is 1. The van der Waals surface area contributed by atoms with E-state index in [9.17, 15) is 0 Å². The summed E-state index contributed by atoms with van der Waals surface area (Å²) in [7, 11) is 2.01. The molecule has 2 nitrogen and oxygen atoms in total. The predicted molar refractivity (Wildman–Crippen MR) is 93.2 cm³/mol. The van der Waals surface area contributed by atoms with Gasteiger partial charge in [-0.25, -0.2) is 0 Å². The first-order chi connectivity index (χ1) is 9.90. The first-order valence-electron chi connectivity index (χ1n) is 7.18. The van der Waals surface area contributed by atoms with Gasteiger partial charge in [-0.1, -0.05) is 48.5 Å². The zero-order chi connectivity index (χ0) is 13.8. The summed E-state index contributed by atoms with van der Waals surface area (Å²) >= 11 is 0. The van der Waals surface area contributed by atoms with Crippen LogP contribution >= 0.6 is 12.4 Å². The Labute approximate surface area is 132 Å². The quantitative estimate of drug-likeness (QED) is 0.694. The fraction of sp³-hybridized carbons (Fsp3) is 0.222. The number of hydrogen-bond donors (Lipinski definition) is 1. The molecule has 110 valence electrons. The molecule has 3 heteroatoms. The zero-order valence-corrected chi connectivity index (χ0v) is 13.1. The van der Waals surface area contributed by atoms with E-state index in [0.717, 1.165) is 19.5 Å². The highest BCUT2D eigenvalue weighted by Gasteiger charge is 2.09. The molecule has 2 aromatic carbocycles. The SMILES string of the molecule is CNCCCn1c(-c2ccccc2)cc2ccccc21.Cl. The van der Waals surface area contributed by atoms with Gasteiger partial charge in [-0.3, -0.25) is 0 Å². The summed E-state index contributed by atoms with van der Waals surface area (Å²) in [5.74, 6) is 0. The molecule has 0 saturated carbocycles. The summed E-state index contributed by atoms with van der Waals surface area (Å²) in [5.41, 5.74) is 3.92. The lowest BCUT2D eigenvalue weighted by Crippen LogP contribution is -2.11. The number of aromatic nitrogens is 1. The van der Waals surface area contributed by atoms with Crippen molar-refractivity contribution in [3.8, 4) is 11.3 Å². The molecule has 1 aromatic heterocycles. The Balaban J connectivity index is 0.00000161. The van der Waals surface area contributed by atoms with Crippen LogP contribution in [0.15, 0.2) is 60.7 Å². The van der Waals surface area contributed by atoms with Gasteiger partial charge in [-0.05, 0) is 37.7 Å². The van der Waals surface area contributed by atoms with Crippen LogP contribution in [0.3, 0.4) is 0 Å². The summed E-state index contributed by atoms with van der Waals surface area (Å²) in [6.07, 6.45) is 1.13. The molecule has 1 heterocycles. The monoisotopic (exact) mass is 300 g/mol. The Morgan fingerprint density at radius 2 is 1.67 bits per heavy atom. The maximum Gasteiger partial charge on any atom is 0.0491 e. The molecular weight excluding hydrogens is 280 g/mol. The first kappa shape index (κ1) is 15.6. The fourth-order valence-electron chi connectivity index (χ4n) is 2.71. The minimum Gasteiger partial charge on any atom is -0.340 e. The Hall–Kier alpha value is -1.77. The summed E-state index contributed by atoms with van der Waals surface area (Å²) in [6.45, 7) is 2.08. The summed E-state index contributed by atoms with van der Waals surface area (Å²) < 4.78 is 2.43. The molecule has 0 aliphatic rings. The van der Waals surface area contributed by atoms with Crippen molar-refractivity contribution in [2.45, 2.75) is 13.0 Å². The smallest absolute Gasteiger partial charge is 0.0491 e. The minimum atomic E-state index is 0. The van der Waals surface area contributed by atoms with E-state index in [-0.39, 0.29) is 12.4 Å². The molecule has 0 atom stereocenters. The van der Waals surface area contributed by atoms with Crippen molar-refractivity contribution in [2.75, 3.05) is 13.6 Å². The van der Waals surface area contributed by atoms with Gasteiger partial charge in [-0.2, -0.15) is 0 Å². The third kappa shape index (κ3) is 3.29. The highest BCUT2D eigenvalue weighted by Crippen LogP contribution is 2.28. The molecule has 0 spiro atoms. The molecular formula is C18H21ClN2. The molecule has 3 aromatic rings. The van der Waals surface area contributed by atoms with Gasteiger partial charge in [0.15, 0.2) is 0 Å². The molecule has 21 heavy (non-hydrogen) atoms. The van der Waals surface area contributed by atoms with Crippen LogP contribution in [0.25, 0.3) is 22.2 Å². The lowest BCUT2D eigenvalue weighted by Gasteiger charge is -2.11. The molecule has 0 radical (unpaired) electrons. The second kappa shape index (κ2) is 7.30. The average molecular weight is 301 g/mol. The van der Waals surface area contributed by atoms with Crippen LogP contribution in [-0.2, 0) is 6.54 Å². The number of fused-ring (bicyclic) bond motifs is 1. The van der Waals surface area contributed by atoms with E-state index in [1.807, 2.05) is 7.05 Å². The third-order valence-electron chi connectivity index (χ3n) is 3.69. The topological polar surface area (TPSA) is 17.0 Å². The van der Waals surface area contributed by atoms with Crippen LogP contribution in [0, 0.1) is 0 Å². The normalized spacial score (nSPS) is 10.5. The lowest BCUT2D eigenvalue weighted by atomic mass is 10.1. The Kier molecular flexibility index (Phi) is 5.43. The maximum absolute atomic E-state index is 3.22. The van der Waals surface area contributed by atoms with Crippen molar-refractivity contribution in [3.63, 3.8) is 0 Å². The lowest BCUT2D eigenvalue weighted by molar-refractivity contribution is 0.631. The highest BCUT2D eigenvalue weighted by molar-refractivity contribution is 5.87. The van der Waals surface area contributed by atoms with Crippen molar-refractivity contribution < 1.29 is 0 Å². The molecule has 0 amide bonds. The van der Waals surface area contributed by atoms with Crippen LogP contribution in [0.2, 0.25) is 0 Å². The van der Waals surface area contributed by atoms with Gasteiger partial charge >= 0.3 is 0 Å². The van der Waals surface area contributed by atoms with Gasteiger partial charge in [0.25, 0.3) is 0 Å². The van der Waals surface area contributed by atoms with Gasteiger partial charge in [-0.15, -0.1) is 12.4 Å². The molecule has 0 fully saturated rings. The largest absolute Gasteiger partial charge is 0.340 e. The van der Waals surface area contributed by atoms with Gasteiger partial charge in [0.05, 0.1) is 0 Å². The Bertz CT molecular complexity index is 689. The van der Waals surface area contributed by atoms with Crippen LogP contribution in [-0.4, -0.2) is 18.2 Å². The van der Waals surface area contributed by atoms with Gasteiger partial charge in [0, 0.05) is 23.1 Å². The Morgan fingerprint density at radius 1 is 0.952 bits per heavy atom. The second-order valence-corrected chi connectivity index (χ2v) is 5.06. The van der Waals surface area contributed by atoms with Gasteiger partial charge < -0.3 is 9.88 Å². The number of para-hydroxylation sites is 1. The van der Waals surface area contributed by atoms with E-state index in [1.54, 1.807) is 0 Å². The fourth-order valence-corrected chi connectivity index (χ4v) is 2.71. The number of rotatable bonds is 5. The van der Waals surface area contributed by atoms with Crippen molar-refractivity contribution in [1.29, 1.82) is 0 Å². The van der Waals surface area contributed by atoms with Gasteiger partial charge in [0.2, 0.25) is 0 Å². The standard InChI is InChI=1S/C18H20N2.ClH/c1-19-12-7-13-20-17-11-6-5-10-16(17)14-18(20)15-8-3-2-4-9-15;/h2-6,8-11,14,19H,7,12-13H2,1H3;1H. The Morgan fingerprint density at radius 3 is 2.43 bits per heavy atom. The van der Waals surface area contributed by atoms with E-state index in [2.05, 4.69) is 70.5 Å². The van der Waals surface area contributed by atoms with E-state index in [1.165, 1.54) is 22.2 Å². The van der Waals surface area contributed by atoms with Crippen LogP contribution < -0.4 is 5.32 Å². The number of aryl methyl sites for hydroxylation is 1. The van der Waals surface area contributed by atoms with Crippen LogP contribution in [0.4, 0.5) is 0 Å². The van der Waals surface area contributed by atoms with E-state index >= 15 is 0 Å². The molecule has 0 bridgehead atoms. The zero-order valence-electron chi connectivity index (χ0n) is 12.3.